The summed E-state index contributed by atoms with van der Waals surface area (Å²) < 4.78 is 55.5. The van der Waals surface area contributed by atoms with Crippen molar-refractivity contribution >= 4 is 22.5 Å². The van der Waals surface area contributed by atoms with E-state index in [0.29, 0.717) is 11.4 Å². The molecule has 12 heteroatoms. The van der Waals surface area contributed by atoms with E-state index in [1.54, 1.807) is 30.3 Å². The number of nitrogens with one attached hydrogen (secondary N) is 1. The van der Waals surface area contributed by atoms with E-state index >= 15 is 0 Å². The Labute approximate surface area is 224 Å². The van der Waals surface area contributed by atoms with Gasteiger partial charge < -0.3 is 11.1 Å². The maximum Gasteiger partial charge on any atom is 0.417 e. The lowest BCUT2D eigenvalue weighted by Gasteiger charge is -2.16. The van der Waals surface area contributed by atoms with Crippen LogP contribution in [-0.2, 0) is 12.6 Å². The van der Waals surface area contributed by atoms with Gasteiger partial charge in [-0.1, -0.05) is 30.2 Å². The zero-order valence-electron chi connectivity index (χ0n) is 20.6. The Morgan fingerprint density at radius 3 is 2.48 bits per heavy atom. The Bertz CT molecular complexity index is 1810. The van der Waals surface area contributed by atoms with Gasteiger partial charge in [-0.3, -0.25) is 9.36 Å². The van der Waals surface area contributed by atoms with Crippen LogP contribution >= 0.6 is 0 Å². The van der Waals surface area contributed by atoms with Crippen LogP contribution in [0, 0.1) is 17.7 Å². The molecule has 0 aliphatic heterocycles. The minimum atomic E-state index is -4.73. The van der Waals surface area contributed by atoms with Crippen molar-refractivity contribution in [3.05, 3.63) is 112 Å². The first-order valence-electron chi connectivity index (χ1n) is 11.9. The Balaban J connectivity index is 1.50. The van der Waals surface area contributed by atoms with Crippen molar-refractivity contribution in [2.75, 3.05) is 17.6 Å². The number of rotatable bonds is 5. The molecule has 0 saturated heterocycles. The van der Waals surface area contributed by atoms with Crippen molar-refractivity contribution in [2.45, 2.75) is 12.6 Å². The van der Waals surface area contributed by atoms with E-state index in [4.69, 9.17) is 5.73 Å². The molecular weight excluding hydrogens is 526 g/mol. The van der Waals surface area contributed by atoms with Gasteiger partial charge in [0.1, 0.15) is 40.9 Å². The van der Waals surface area contributed by atoms with Gasteiger partial charge in [0.15, 0.2) is 0 Å². The van der Waals surface area contributed by atoms with E-state index in [-0.39, 0.29) is 41.5 Å². The van der Waals surface area contributed by atoms with Crippen LogP contribution in [-0.4, -0.2) is 31.0 Å². The Hall–Kier alpha value is -5.31. The number of hydrogen-bond donors (Lipinski definition) is 2. The van der Waals surface area contributed by atoms with Crippen LogP contribution in [0.5, 0.6) is 0 Å². The zero-order valence-corrected chi connectivity index (χ0v) is 20.6. The number of nitrogens with two attached hydrogens (primary N) is 1. The summed E-state index contributed by atoms with van der Waals surface area (Å²) in [7, 11) is 0. The van der Waals surface area contributed by atoms with Crippen LogP contribution in [0.15, 0.2) is 78.0 Å². The van der Waals surface area contributed by atoms with Gasteiger partial charge in [-0.05, 0) is 42.3 Å². The highest BCUT2D eigenvalue weighted by molar-refractivity contribution is 5.82. The summed E-state index contributed by atoms with van der Waals surface area (Å²) >= 11 is 0. The number of aromatic nitrogens is 5. The molecule has 8 nitrogen and oxygen atoms in total. The average Bonchev–Trinajstić information content (AvgIpc) is 2.93. The molecule has 0 radical (unpaired) electrons. The molecule has 0 atom stereocenters. The number of nitrogen functional groups attached to an aromatic ring is 1. The second-order valence-electron chi connectivity index (χ2n) is 8.47. The fourth-order valence-electron chi connectivity index (χ4n) is 4.05. The smallest absolute Gasteiger partial charge is 0.382 e. The SMILES string of the molecule is Nc1ncnc(NCCc2nc3cccc(C(F)(F)F)c3c(=O)n2-c2ccccc2)c1C#Cc1ccc(F)cn1. The molecule has 0 spiro atoms. The molecule has 0 aliphatic carbocycles. The van der Waals surface area contributed by atoms with Gasteiger partial charge in [-0.2, -0.15) is 13.2 Å². The first-order valence-corrected chi connectivity index (χ1v) is 11.9. The molecule has 0 unspecified atom stereocenters. The normalized spacial score (nSPS) is 11.2. The van der Waals surface area contributed by atoms with E-state index < -0.39 is 28.5 Å². The molecular formula is C28H19F4N7O. The van der Waals surface area contributed by atoms with Gasteiger partial charge in [0.05, 0.1) is 28.4 Å². The van der Waals surface area contributed by atoms with Gasteiger partial charge >= 0.3 is 6.18 Å². The van der Waals surface area contributed by atoms with Crippen LogP contribution < -0.4 is 16.6 Å². The number of anilines is 2. The van der Waals surface area contributed by atoms with Crippen LogP contribution in [0.1, 0.15) is 22.6 Å². The number of hydrogen-bond acceptors (Lipinski definition) is 7. The standard InChI is InChI=1S/C28H19F4N7O/c29-17-9-10-18(35-15-17)11-12-20-25(33)36-16-37-26(20)34-14-13-23-38-22-8-4-7-21(28(30,31)32)24(22)27(40)39(23)19-5-2-1-3-6-19/h1-10,15-16H,13-14H2,(H3,33,34,36,37). The molecule has 200 valence electrons. The number of nitrogens with zero attached hydrogens (tertiary/aromatic N) is 5. The van der Waals surface area contributed by atoms with E-state index in [1.807, 2.05) is 0 Å². The third-order valence-electron chi connectivity index (χ3n) is 5.85. The molecule has 40 heavy (non-hydrogen) atoms. The van der Waals surface area contributed by atoms with Crippen LogP contribution in [0.4, 0.5) is 29.2 Å². The predicted molar refractivity (Wildman–Crippen MR) is 141 cm³/mol. The lowest BCUT2D eigenvalue weighted by Crippen LogP contribution is -2.27. The first kappa shape index (κ1) is 26.3. The van der Waals surface area contributed by atoms with E-state index in [9.17, 15) is 22.4 Å². The van der Waals surface area contributed by atoms with Crippen molar-refractivity contribution in [2.24, 2.45) is 0 Å². The van der Waals surface area contributed by atoms with E-state index in [0.717, 1.165) is 12.3 Å². The Kier molecular flexibility index (Phi) is 7.11. The summed E-state index contributed by atoms with van der Waals surface area (Å²) in [6.07, 6.45) is -2.32. The molecule has 2 aromatic carbocycles. The molecule has 0 bridgehead atoms. The summed E-state index contributed by atoms with van der Waals surface area (Å²) in [6, 6.07) is 14.4. The van der Waals surface area contributed by atoms with Crippen molar-refractivity contribution in [3.63, 3.8) is 0 Å². The Morgan fingerprint density at radius 1 is 0.950 bits per heavy atom. The highest BCUT2D eigenvalue weighted by Gasteiger charge is 2.34. The number of benzene rings is 2. The molecule has 0 aliphatic rings. The maximum absolute atomic E-state index is 13.7. The molecule has 0 saturated carbocycles. The quantitative estimate of drug-likeness (QED) is 0.249. The largest absolute Gasteiger partial charge is 0.417 e. The fourth-order valence-corrected chi connectivity index (χ4v) is 4.05. The lowest BCUT2D eigenvalue weighted by atomic mass is 10.1. The maximum atomic E-state index is 13.7. The van der Waals surface area contributed by atoms with Crippen LogP contribution in [0.3, 0.4) is 0 Å². The number of alkyl halides is 3. The van der Waals surface area contributed by atoms with Gasteiger partial charge in [0, 0.05) is 13.0 Å². The highest BCUT2D eigenvalue weighted by Crippen LogP contribution is 2.33. The summed E-state index contributed by atoms with van der Waals surface area (Å²) in [5, 5.41) is 2.57. The summed E-state index contributed by atoms with van der Waals surface area (Å²) in [4.78, 5) is 30.0. The van der Waals surface area contributed by atoms with E-state index in [1.165, 1.54) is 35.2 Å². The van der Waals surface area contributed by atoms with Crippen molar-refractivity contribution in [3.8, 4) is 17.5 Å². The number of pyridine rings is 1. The third kappa shape index (κ3) is 5.44. The molecule has 0 amide bonds. The van der Waals surface area contributed by atoms with Crippen LogP contribution in [0.2, 0.25) is 0 Å². The number of para-hydroxylation sites is 1. The van der Waals surface area contributed by atoms with Gasteiger partial charge in [0.25, 0.3) is 5.56 Å². The van der Waals surface area contributed by atoms with Crippen LogP contribution in [0.25, 0.3) is 16.6 Å². The summed E-state index contributed by atoms with van der Waals surface area (Å²) in [5.41, 5.74) is 5.01. The van der Waals surface area contributed by atoms with Crippen molar-refractivity contribution in [1.29, 1.82) is 0 Å². The monoisotopic (exact) mass is 545 g/mol. The van der Waals surface area contributed by atoms with Gasteiger partial charge in [-0.15, -0.1) is 0 Å². The molecule has 5 aromatic rings. The molecule has 3 N–H and O–H groups in total. The third-order valence-corrected chi connectivity index (χ3v) is 5.85. The topological polar surface area (TPSA) is 112 Å². The first-order chi connectivity index (χ1) is 19.2. The molecule has 3 heterocycles. The summed E-state index contributed by atoms with van der Waals surface area (Å²) in [6.45, 7) is 0.170. The van der Waals surface area contributed by atoms with Gasteiger partial charge in [-0.25, -0.2) is 24.3 Å². The molecule has 5 rings (SSSR count). The van der Waals surface area contributed by atoms with Crippen molar-refractivity contribution in [1.82, 2.24) is 24.5 Å². The molecule has 0 fully saturated rings. The summed E-state index contributed by atoms with van der Waals surface area (Å²) in [5.74, 6) is 5.73. The van der Waals surface area contributed by atoms with E-state index in [2.05, 4.69) is 37.1 Å². The van der Waals surface area contributed by atoms with Crippen molar-refractivity contribution < 1.29 is 17.6 Å². The lowest BCUT2D eigenvalue weighted by molar-refractivity contribution is -0.136. The zero-order chi connectivity index (χ0) is 28.3. The second kappa shape index (κ2) is 10.8. The Morgan fingerprint density at radius 2 is 1.75 bits per heavy atom. The molecule has 3 aromatic heterocycles. The minimum Gasteiger partial charge on any atom is -0.382 e. The van der Waals surface area contributed by atoms with Gasteiger partial charge in [0.2, 0.25) is 0 Å². The second-order valence-corrected chi connectivity index (χ2v) is 8.47. The average molecular weight is 546 g/mol. The highest BCUT2D eigenvalue weighted by atomic mass is 19.4. The number of halogens is 4. The number of fused-ring (bicyclic) bond motifs is 1. The predicted octanol–water partition coefficient (Wildman–Crippen LogP) is 4.37. The fraction of sp³-hybridized carbons (Fsp3) is 0.107. The minimum absolute atomic E-state index is 0.0633.